The second-order valence-electron chi connectivity index (χ2n) is 6.01. The monoisotopic (exact) mass is 376 g/mol. The molecule has 1 aliphatic rings. The highest BCUT2D eigenvalue weighted by Crippen LogP contribution is 2.60. The first kappa shape index (κ1) is 17.3. The maximum atomic E-state index is 13.9. The molecule has 1 aliphatic carbocycles. The van der Waals surface area contributed by atoms with Crippen LogP contribution in [0, 0.1) is 0 Å². The normalized spacial score (nSPS) is 24.0. The minimum Gasteiger partial charge on any atom is -0.238 e. The van der Waals surface area contributed by atoms with Crippen LogP contribution in [0.3, 0.4) is 0 Å². The van der Waals surface area contributed by atoms with Gasteiger partial charge in [0, 0.05) is 12.0 Å². The van der Waals surface area contributed by atoms with Crippen molar-refractivity contribution in [1.29, 1.82) is 0 Å². The Morgan fingerprint density at radius 2 is 1.25 bits per heavy atom. The second-order valence-corrected chi connectivity index (χ2v) is 9.40. The third kappa shape index (κ3) is 3.30. The average Bonchev–Trinajstić information content (AvgIpc) is 2.81. The number of rotatable bonds is 4. The molecule has 128 valence electrons. The fraction of sp³-hybridized carbons (Fsp3) is 0.250. The number of hydrogen-bond donors (Lipinski definition) is 0. The van der Waals surface area contributed by atoms with Crippen LogP contribution in [0.4, 0.5) is 24.6 Å². The van der Waals surface area contributed by atoms with Gasteiger partial charge in [0.05, 0.1) is 5.54 Å². The van der Waals surface area contributed by atoms with Gasteiger partial charge in [-0.3, -0.25) is 0 Å². The lowest BCUT2D eigenvalue weighted by atomic mass is 9.92. The second kappa shape index (κ2) is 6.07. The van der Waals surface area contributed by atoms with E-state index in [2.05, 4.69) is 0 Å². The van der Waals surface area contributed by atoms with Crippen molar-refractivity contribution in [1.82, 2.24) is 0 Å². The summed E-state index contributed by atoms with van der Waals surface area (Å²) in [5.41, 5.74) is -0.870. The van der Waals surface area contributed by atoms with Crippen LogP contribution < -0.4 is 0 Å². The molecule has 0 unspecified atom stereocenters. The molecule has 0 aromatic heterocycles. The number of benzene rings is 2. The van der Waals surface area contributed by atoms with E-state index in [1.54, 1.807) is 36.4 Å². The molecular weight excluding hydrogens is 362 g/mol. The van der Waals surface area contributed by atoms with E-state index in [9.17, 15) is 24.6 Å². The van der Waals surface area contributed by atoms with E-state index < -0.39 is 41.6 Å². The van der Waals surface area contributed by atoms with Gasteiger partial charge in [-0.25, -0.2) is 24.6 Å². The van der Waals surface area contributed by atoms with E-state index in [0.29, 0.717) is 11.1 Å². The molecule has 0 nitrogen and oxygen atoms in total. The third-order valence-corrected chi connectivity index (χ3v) is 6.91. The predicted molar refractivity (Wildman–Crippen MR) is 84.2 cm³/mol. The van der Waals surface area contributed by atoms with Crippen molar-refractivity contribution in [3.8, 4) is 0 Å². The summed E-state index contributed by atoms with van der Waals surface area (Å²) in [6.45, 7) is 0. The molecule has 0 N–H and O–H groups in total. The fourth-order valence-corrected chi connectivity index (χ4v) is 6.41. The summed E-state index contributed by atoms with van der Waals surface area (Å²) >= 11 is 0. The quantitative estimate of drug-likeness (QED) is 0.350. The van der Waals surface area contributed by atoms with Crippen LogP contribution in [0.25, 0.3) is 0 Å². The highest BCUT2D eigenvalue weighted by Gasteiger charge is 2.61. The molecule has 8 heteroatoms. The standard InChI is InChI=1S/C16H14F6Si2/c17-23(18,19)10-14-12-8-4-5-9-13(12)15(16(14)24(20,21)22)11-6-2-1-3-7-11/h1-9,14-16H,10H2/t14-,15-,16-/m1/s1. The SMILES string of the molecule is F[Si](F)(F)C[C@@H]1c2ccccc2[C@@H](c2ccccc2)[C@@H]1[Si](F)(F)F. The van der Waals surface area contributed by atoms with Gasteiger partial charge in [-0.05, 0) is 22.6 Å². The Labute approximate surface area is 138 Å². The minimum absolute atomic E-state index is 0.214. The number of hydrogen-bond acceptors (Lipinski definition) is 0. The molecule has 0 bridgehead atoms. The fourth-order valence-electron chi connectivity index (χ4n) is 3.70. The van der Waals surface area contributed by atoms with Gasteiger partial charge in [0.1, 0.15) is 0 Å². The molecule has 0 saturated carbocycles. The lowest BCUT2D eigenvalue weighted by molar-refractivity contribution is 0.393. The van der Waals surface area contributed by atoms with Crippen LogP contribution in [0.5, 0.6) is 0 Å². The summed E-state index contributed by atoms with van der Waals surface area (Å²) in [6, 6.07) is 12.9. The zero-order valence-electron chi connectivity index (χ0n) is 12.4. The Hall–Kier alpha value is -1.55. The Morgan fingerprint density at radius 1 is 0.708 bits per heavy atom. The summed E-state index contributed by atoms with van der Waals surface area (Å²) in [6.07, 6.45) is 0. The average molecular weight is 376 g/mol. The first-order valence-corrected chi connectivity index (χ1v) is 11.0. The highest BCUT2D eigenvalue weighted by molar-refractivity contribution is 6.62. The third-order valence-electron chi connectivity index (χ3n) is 4.51. The topological polar surface area (TPSA) is 0 Å². The molecule has 24 heavy (non-hydrogen) atoms. The van der Waals surface area contributed by atoms with Gasteiger partial charge in [0.15, 0.2) is 0 Å². The summed E-state index contributed by atoms with van der Waals surface area (Å²) < 4.78 is 80.9. The maximum absolute atomic E-state index is 13.9. The van der Waals surface area contributed by atoms with Crippen molar-refractivity contribution in [3.05, 3.63) is 71.3 Å². The van der Waals surface area contributed by atoms with Crippen molar-refractivity contribution in [3.63, 3.8) is 0 Å². The van der Waals surface area contributed by atoms with Crippen LogP contribution in [-0.4, -0.2) is 18.2 Å². The molecule has 0 radical (unpaired) electrons. The zero-order chi connectivity index (χ0) is 17.5. The highest BCUT2D eigenvalue weighted by atomic mass is 28.5. The summed E-state index contributed by atoms with van der Waals surface area (Å²) in [7, 11) is -12.4. The predicted octanol–water partition coefficient (Wildman–Crippen LogP) is 5.98. The smallest absolute Gasteiger partial charge is 0.238 e. The van der Waals surface area contributed by atoms with Crippen molar-refractivity contribution < 1.29 is 24.6 Å². The minimum atomic E-state index is -6.31. The summed E-state index contributed by atoms with van der Waals surface area (Å²) in [5, 5.41) is 0. The first-order chi connectivity index (χ1) is 11.2. The Morgan fingerprint density at radius 3 is 1.79 bits per heavy atom. The van der Waals surface area contributed by atoms with E-state index in [-0.39, 0.29) is 5.56 Å². The summed E-state index contributed by atoms with van der Waals surface area (Å²) in [4.78, 5) is 0. The van der Waals surface area contributed by atoms with E-state index >= 15 is 0 Å². The van der Waals surface area contributed by atoms with Gasteiger partial charge >= 0.3 is 18.2 Å². The van der Waals surface area contributed by atoms with Crippen LogP contribution in [-0.2, 0) is 0 Å². The molecule has 2 aromatic carbocycles. The van der Waals surface area contributed by atoms with Crippen LogP contribution >= 0.6 is 0 Å². The van der Waals surface area contributed by atoms with E-state index in [1.165, 1.54) is 18.2 Å². The van der Waals surface area contributed by atoms with Crippen molar-refractivity contribution >= 4 is 18.2 Å². The van der Waals surface area contributed by atoms with Crippen LogP contribution in [0.2, 0.25) is 11.6 Å². The van der Waals surface area contributed by atoms with Crippen LogP contribution in [0.1, 0.15) is 28.5 Å². The van der Waals surface area contributed by atoms with Gasteiger partial charge in [0.2, 0.25) is 0 Å². The van der Waals surface area contributed by atoms with Crippen molar-refractivity contribution in [2.75, 3.05) is 0 Å². The molecule has 3 rings (SSSR count). The van der Waals surface area contributed by atoms with Gasteiger partial charge in [0.25, 0.3) is 0 Å². The largest absolute Gasteiger partial charge is 0.620 e. The van der Waals surface area contributed by atoms with Gasteiger partial charge in [-0.1, -0.05) is 54.6 Å². The first-order valence-electron chi connectivity index (χ1n) is 7.46. The van der Waals surface area contributed by atoms with Crippen molar-refractivity contribution in [2.24, 2.45) is 0 Å². The molecule has 0 saturated heterocycles. The molecule has 3 atom stereocenters. The molecule has 2 aromatic rings. The summed E-state index contributed by atoms with van der Waals surface area (Å²) in [5.74, 6) is -2.53. The molecule has 0 amide bonds. The number of halogens is 6. The van der Waals surface area contributed by atoms with Gasteiger partial charge in [-0.2, -0.15) is 0 Å². The molecule has 0 spiro atoms. The van der Waals surface area contributed by atoms with E-state index in [4.69, 9.17) is 0 Å². The lowest BCUT2D eigenvalue weighted by Gasteiger charge is -2.26. The molecule has 0 fully saturated rings. The van der Waals surface area contributed by atoms with Crippen LogP contribution in [0.15, 0.2) is 54.6 Å². The Balaban J connectivity index is 2.16. The van der Waals surface area contributed by atoms with Gasteiger partial charge < -0.3 is 0 Å². The van der Waals surface area contributed by atoms with Gasteiger partial charge in [-0.15, -0.1) is 0 Å². The molecule has 0 heterocycles. The Kier molecular flexibility index (Phi) is 4.37. The Bertz CT molecular complexity index is 710. The number of fused-ring (bicyclic) bond motifs is 1. The zero-order valence-corrected chi connectivity index (χ0v) is 14.4. The molecular formula is C16H14F6Si2. The maximum Gasteiger partial charge on any atom is 0.620 e. The van der Waals surface area contributed by atoms with Crippen molar-refractivity contribution in [2.45, 2.75) is 23.4 Å². The van der Waals surface area contributed by atoms with E-state index in [1.807, 2.05) is 0 Å². The lowest BCUT2D eigenvalue weighted by Crippen LogP contribution is -2.32. The molecule has 0 aliphatic heterocycles. The van der Waals surface area contributed by atoms with E-state index in [0.717, 1.165) is 0 Å².